The number of aliphatic carboxylic acids is 1. The molecule has 4 rings (SSSR count). The molecular weight excluding hydrogens is 490 g/mol. The zero-order valence-corrected chi connectivity index (χ0v) is 21.7. The van der Waals surface area contributed by atoms with Crippen LogP contribution in [-0.4, -0.2) is 54.0 Å². The van der Waals surface area contributed by atoms with Crippen LogP contribution in [0.5, 0.6) is 0 Å². The van der Waals surface area contributed by atoms with Gasteiger partial charge in [0.1, 0.15) is 6.54 Å². The van der Waals surface area contributed by atoms with Crippen LogP contribution >= 0.6 is 12.4 Å². The average Bonchev–Trinajstić information content (AvgIpc) is 3.33. The van der Waals surface area contributed by atoms with Crippen molar-refractivity contribution in [3.63, 3.8) is 0 Å². The summed E-state index contributed by atoms with van der Waals surface area (Å²) in [5.74, 6) is -1.18. The zero-order valence-electron chi connectivity index (χ0n) is 20.9. The molecule has 0 radical (unpaired) electrons. The Morgan fingerprint density at radius 1 is 0.946 bits per heavy atom. The van der Waals surface area contributed by atoms with Crippen molar-refractivity contribution >= 4 is 41.0 Å². The lowest BCUT2D eigenvalue weighted by atomic mass is 9.88. The minimum absolute atomic E-state index is 0. The fourth-order valence-electron chi connectivity index (χ4n) is 5.07. The maximum atomic E-state index is 12.9. The van der Waals surface area contributed by atoms with E-state index in [1.807, 2.05) is 23.1 Å². The number of benzene rings is 3. The van der Waals surface area contributed by atoms with Crippen molar-refractivity contribution in [3.05, 3.63) is 83.9 Å². The van der Waals surface area contributed by atoms with Crippen LogP contribution in [0.4, 0.5) is 0 Å². The maximum absolute atomic E-state index is 12.9. The number of hydrogen-bond donors (Lipinski definition) is 3. The molecule has 1 heterocycles. The standard InChI is InChI=1S/C29H33N3O4.ClH/c1-20(24-13-7-11-21-10-5-6-12-25(21)24)30-16-23-18-32(19-26(23)22-8-3-2-4-9-22)28(34)15-14-27(33)31-17-29(35)36;/h2-13,20,23,26,30H,14-19H2,1H3,(H,31,33)(H,35,36);1H/t20-,23+,26-;/m1./s1. The molecule has 1 saturated heterocycles. The molecule has 0 aliphatic carbocycles. The first-order valence-electron chi connectivity index (χ1n) is 12.4. The summed E-state index contributed by atoms with van der Waals surface area (Å²) in [7, 11) is 0. The van der Waals surface area contributed by atoms with E-state index in [4.69, 9.17) is 5.11 Å². The van der Waals surface area contributed by atoms with Gasteiger partial charge in [0.05, 0.1) is 0 Å². The van der Waals surface area contributed by atoms with Gasteiger partial charge >= 0.3 is 5.97 Å². The highest BCUT2D eigenvalue weighted by Gasteiger charge is 2.36. The van der Waals surface area contributed by atoms with Crippen molar-refractivity contribution in [1.29, 1.82) is 0 Å². The third-order valence-corrected chi connectivity index (χ3v) is 7.00. The molecule has 1 aliphatic rings. The first kappa shape index (κ1) is 28.2. The van der Waals surface area contributed by atoms with Crippen molar-refractivity contribution in [2.75, 3.05) is 26.2 Å². The summed E-state index contributed by atoms with van der Waals surface area (Å²) in [6.07, 6.45) is 0.0547. The minimum atomic E-state index is -1.10. The second-order valence-electron chi connectivity index (χ2n) is 9.44. The first-order chi connectivity index (χ1) is 17.4. The summed E-state index contributed by atoms with van der Waals surface area (Å²) >= 11 is 0. The molecular formula is C29H34ClN3O4. The minimum Gasteiger partial charge on any atom is -0.480 e. The Bertz CT molecular complexity index is 1210. The van der Waals surface area contributed by atoms with Gasteiger partial charge in [-0.1, -0.05) is 72.8 Å². The number of amides is 2. The Balaban J connectivity index is 0.00000380. The number of nitrogens with one attached hydrogen (secondary N) is 2. The predicted octanol–water partition coefficient (Wildman–Crippen LogP) is 4.14. The van der Waals surface area contributed by atoms with Gasteiger partial charge in [0.25, 0.3) is 0 Å². The number of carbonyl (C=O) groups is 3. The van der Waals surface area contributed by atoms with Crippen LogP contribution in [0, 0.1) is 5.92 Å². The van der Waals surface area contributed by atoms with Gasteiger partial charge in [0.15, 0.2) is 0 Å². The van der Waals surface area contributed by atoms with Gasteiger partial charge in [0, 0.05) is 44.4 Å². The lowest BCUT2D eigenvalue weighted by Gasteiger charge is -2.23. The summed E-state index contributed by atoms with van der Waals surface area (Å²) in [5.41, 5.74) is 2.46. The van der Waals surface area contributed by atoms with Gasteiger partial charge in [0.2, 0.25) is 11.8 Å². The first-order valence-corrected chi connectivity index (χ1v) is 12.4. The van der Waals surface area contributed by atoms with E-state index in [2.05, 4.69) is 72.2 Å². The summed E-state index contributed by atoms with van der Waals surface area (Å²) in [6, 6.07) is 25.2. The quantitative estimate of drug-likeness (QED) is 0.371. The maximum Gasteiger partial charge on any atom is 0.322 e. The van der Waals surface area contributed by atoms with Crippen molar-refractivity contribution < 1.29 is 19.5 Å². The lowest BCUT2D eigenvalue weighted by molar-refractivity contribution is -0.138. The molecule has 1 fully saturated rings. The topological polar surface area (TPSA) is 98.7 Å². The molecule has 0 aromatic heterocycles. The second-order valence-corrected chi connectivity index (χ2v) is 9.44. The Labute approximate surface area is 223 Å². The van der Waals surface area contributed by atoms with Crippen LogP contribution in [0.2, 0.25) is 0 Å². The molecule has 3 aromatic rings. The van der Waals surface area contributed by atoms with E-state index in [-0.39, 0.29) is 49.0 Å². The monoisotopic (exact) mass is 523 g/mol. The number of carboxylic acids is 1. The van der Waals surface area contributed by atoms with Gasteiger partial charge in [-0.3, -0.25) is 14.4 Å². The van der Waals surface area contributed by atoms with Crippen molar-refractivity contribution in [2.24, 2.45) is 5.92 Å². The largest absolute Gasteiger partial charge is 0.480 e. The van der Waals surface area contributed by atoms with Gasteiger partial charge in [-0.2, -0.15) is 0 Å². The van der Waals surface area contributed by atoms with Crippen molar-refractivity contribution in [1.82, 2.24) is 15.5 Å². The highest BCUT2D eigenvalue weighted by Crippen LogP contribution is 2.33. The number of hydrogen-bond acceptors (Lipinski definition) is 4. The van der Waals surface area contributed by atoms with Gasteiger partial charge < -0.3 is 20.6 Å². The second kappa shape index (κ2) is 13.2. The third-order valence-electron chi connectivity index (χ3n) is 7.00. The Hall–Kier alpha value is -3.42. The normalized spacial score (nSPS) is 17.7. The fraction of sp³-hybridized carbons (Fsp3) is 0.345. The summed E-state index contributed by atoms with van der Waals surface area (Å²) in [6.45, 7) is 3.72. The average molecular weight is 524 g/mol. The molecule has 37 heavy (non-hydrogen) atoms. The molecule has 196 valence electrons. The number of fused-ring (bicyclic) bond motifs is 1. The van der Waals surface area contributed by atoms with Crippen molar-refractivity contribution in [2.45, 2.75) is 31.7 Å². The van der Waals surface area contributed by atoms with E-state index in [1.165, 1.54) is 21.9 Å². The van der Waals surface area contributed by atoms with Crippen molar-refractivity contribution in [3.8, 4) is 0 Å². The van der Waals surface area contributed by atoms with Crippen LogP contribution < -0.4 is 10.6 Å². The number of carboxylic acid groups (broad SMARTS) is 1. The van der Waals surface area contributed by atoms with Crippen LogP contribution in [0.1, 0.15) is 42.9 Å². The molecule has 0 spiro atoms. The van der Waals surface area contributed by atoms with Gasteiger partial charge in [-0.25, -0.2) is 0 Å². The zero-order chi connectivity index (χ0) is 25.5. The molecule has 1 aliphatic heterocycles. The Kier molecular flexibility index (Phi) is 10.1. The summed E-state index contributed by atoms with van der Waals surface area (Å²) in [4.78, 5) is 37.3. The summed E-state index contributed by atoms with van der Waals surface area (Å²) in [5, 5.41) is 17.2. The highest BCUT2D eigenvalue weighted by atomic mass is 35.5. The Morgan fingerprint density at radius 3 is 2.41 bits per heavy atom. The molecule has 0 unspecified atom stereocenters. The van der Waals surface area contributed by atoms with Gasteiger partial charge in [-0.15, -0.1) is 12.4 Å². The van der Waals surface area contributed by atoms with E-state index < -0.39 is 18.4 Å². The number of nitrogens with zero attached hydrogens (tertiary/aromatic N) is 1. The van der Waals surface area contributed by atoms with Crippen LogP contribution in [0.15, 0.2) is 72.8 Å². The number of likely N-dealkylation sites (tertiary alicyclic amines) is 1. The molecule has 0 bridgehead atoms. The van der Waals surface area contributed by atoms with E-state index in [9.17, 15) is 14.4 Å². The lowest BCUT2D eigenvalue weighted by Crippen LogP contribution is -2.33. The molecule has 2 amide bonds. The number of rotatable bonds is 10. The molecule has 3 aromatic carbocycles. The third kappa shape index (κ3) is 7.31. The van der Waals surface area contributed by atoms with Gasteiger partial charge in [-0.05, 0) is 34.7 Å². The molecule has 3 atom stereocenters. The van der Waals surface area contributed by atoms with Crippen LogP contribution in [0.3, 0.4) is 0 Å². The fourth-order valence-corrected chi connectivity index (χ4v) is 5.07. The van der Waals surface area contributed by atoms with Crippen LogP contribution in [-0.2, 0) is 14.4 Å². The molecule has 8 heteroatoms. The Morgan fingerprint density at radius 2 is 1.65 bits per heavy atom. The predicted molar refractivity (Wildman–Crippen MR) is 147 cm³/mol. The van der Waals surface area contributed by atoms with E-state index in [1.54, 1.807) is 0 Å². The SMILES string of the molecule is C[C@@H](NC[C@H]1CN(C(=O)CCC(=O)NCC(=O)O)C[C@@H]1c1ccccc1)c1cccc2ccccc12.Cl. The van der Waals surface area contributed by atoms with Crippen LogP contribution in [0.25, 0.3) is 10.8 Å². The van der Waals surface area contributed by atoms with E-state index in [0.29, 0.717) is 13.1 Å². The van der Waals surface area contributed by atoms with E-state index >= 15 is 0 Å². The number of carbonyl (C=O) groups excluding carboxylic acids is 2. The molecule has 7 nitrogen and oxygen atoms in total. The molecule has 0 saturated carbocycles. The molecule has 3 N–H and O–H groups in total. The smallest absolute Gasteiger partial charge is 0.322 e. The number of halogens is 1. The summed E-state index contributed by atoms with van der Waals surface area (Å²) < 4.78 is 0. The highest BCUT2D eigenvalue weighted by molar-refractivity contribution is 5.87. The van der Waals surface area contributed by atoms with E-state index in [0.717, 1.165) is 6.54 Å².